The summed E-state index contributed by atoms with van der Waals surface area (Å²) >= 11 is 0. The molecular weight excluding hydrogens is 286 g/mol. The predicted molar refractivity (Wildman–Crippen MR) is 84.4 cm³/mol. The number of ether oxygens (including phenoxy) is 1. The molecule has 112 valence electrons. The molecule has 1 saturated heterocycles. The van der Waals surface area contributed by atoms with Gasteiger partial charge in [-0.25, -0.2) is 8.42 Å². The van der Waals surface area contributed by atoms with Crippen molar-refractivity contribution in [1.82, 2.24) is 0 Å². The second kappa shape index (κ2) is 5.66. The minimum Gasteiger partial charge on any atom is -0.489 e. The van der Waals surface area contributed by atoms with Gasteiger partial charge in [0.15, 0.2) is 9.84 Å². The molecule has 0 amide bonds. The quantitative estimate of drug-likeness (QED) is 0.937. The van der Waals surface area contributed by atoms with Crippen molar-refractivity contribution >= 4 is 20.6 Å². The van der Waals surface area contributed by atoms with Crippen molar-refractivity contribution in [3.8, 4) is 5.75 Å². The summed E-state index contributed by atoms with van der Waals surface area (Å²) in [6.07, 6.45) is 1.04. The molecule has 2 aromatic rings. The van der Waals surface area contributed by atoms with Gasteiger partial charge in [-0.3, -0.25) is 0 Å². The number of nitrogens with two attached hydrogens (primary N) is 1. The fourth-order valence-electron chi connectivity index (χ4n) is 2.86. The Kier molecular flexibility index (Phi) is 3.87. The SMILES string of the molecule is NCCc1c(OC2CCS(=O)(=O)C2)ccc2ccccc12. The molecular formula is C16H19NO3S. The average Bonchev–Trinajstić information content (AvgIpc) is 2.81. The molecule has 2 N–H and O–H groups in total. The highest BCUT2D eigenvalue weighted by atomic mass is 32.2. The second-order valence-corrected chi connectivity index (χ2v) is 7.67. The van der Waals surface area contributed by atoms with Crippen LogP contribution in [-0.2, 0) is 16.3 Å². The summed E-state index contributed by atoms with van der Waals surface area (Å²) in [6, 6.07) is 12.0. The maximum atomic E-state index is 11.6. The van der Waals surface area contributed by atoms with Crippen LogP contribution in [0.2, 0.25) is 0 Å². The first-order valence-corrected chi connectivity index (χ1v) is 8.99. The zero-order valence-corrected chi connectivity index (χ0v) is 12.6. The molecule has 21 heavy (non-hydrogen) atoms. The average molecular weight is 305 g/mol. The summed E-state index contributed by atoms with van der Waals surface area (Å²) in [6.45, 7) is 0.535. The van der Waals surface area contributed by atoms with Crippen LogP contribution < -0.4 is 10.5 Å². The Hall–Kier alpha value is -1.59. The van der Waals surface area contributed by atoms with Crippen LogP contribution in [0.1, 0.15) is 12.0 Å². The Morgan fingerprint density at radius 2 is 2.00 bits per heavy atom. The molecule has 1 atom stereocenters. The summed E-state index contributed by atoms with van der Waals surface area (Å²) in [5.74, 6) is 1.10. The van der Waals surface area contributed by atoms with E-state index in [1.54, 1.807) is 0 Å². The zero-order chi connectivity index (χ0) is 14.9. The third kappa shape index (κ3) is 3.04. The molecule has 1 aliphatic heterocycles. The Morgan fingerprint density at radius 1 is 1.19 bits per heavy atom. The van der Waals surface area contributed by atoms with Crippen molar-refractivity contribution in [3.05, 3.63) is 42.0 Å². The lowest BCUT2D eigenvalue weighted by atomic mass is 10.0. The minimum atomic E-state index is -2.93. The maximum Gasteiger partial charge on any atom is 0.154 e. The standard InChI is InChI=1S/C16H19NO3S/c17-9-7-15-14-4-2-1-3-12(14)5-6-16(15)20-13-8-10-21(18,19)11-13/h1-6,13H,7-11,17H2. The van der Waals surface area contributed by atoms with Crippen LogP contribution >= 0.6 is 0 Å². The molecule has 0 spiro atoms. The molecule has 3 rings (SSSR count). The van der Waals surface area contributed by atoms with E-state index in [4.69, 9.17) is 10.5 Å². The zero-order valence-electron chi connectivity index (χ0n) is 11.8. The van der Waals surface area contributed by atoms with E-state index in [1.165, 1.54) is 0 Å². The van der Waals surface area contributed by atoms with Crippen molar-refractivity contribution in [2.24, 2.45) is 5.73 Å². The number of rotatable bonds is 4. The molecule has 1 unspecified atom stereocenters. The second-order valence-electron chi connectivity index (χ2n) is 5.44. The third-order valence-corrected chi connectivity index (χ3v) is 5.61. The largest absolute Gasteiger partial charge is 0.489 e. The van der Waals surface area contributed by atoms with E-state index in [9.17, 15) is 8.42 Å². The first-order valence-electron chi connectivity index (χ1n) is 7.17. The van der Waals surface area contributed by atoms with Gasteiger partial charge in [-0.2, -0.15) is 0 Å². The molecule has 0 bridgehead atoms. The van der Waals surface area contributed by atoms with E-state index < -0.39 is 9.84 Å². The number of hydrogen-bond donors (Lipinski definition) is 1. The normalized spacial score (nSPS) is 20.7. The maximum absolute atomic E-state index is 11.6. The Balaban J connectivity index is 1.96. The van der Waals surface area contributed by atoms with Crippen molar-refractivity contribution in [2.45, 2.75) is 18.9 Å². The molecule has 0 aliphatic carbocycles. The van der Waals surface area contributed by atoms with Crippen LogP contribution in [0.3, 0.4) is 0 Å². The highest BCUT2D eigenvalue weighted by Crippen LogP contribution is 2.30. The van der Waals surface area contributed by atoms with Gasteiger partial charge in [0.05, 0.1) is 11.5 Å². The van der Waals surface area contributed by atoms with Crippen molar-refractivity contribution in [3.63, 3.8) is 0 Å². The fraction of sp³-hybridized carbons (Fsp3) is 0.375. The fourth-order valence-corrected chi connectivity index (χ4v) is 4.45. The number of fused-ring (bicyclic) bond motifs is 1. The van der Waals surface area contributed by atoms with Gasteiger partial charge in [0.1, 0.15) is 11.9 Å². The molecule has 2 aromatic carbocycles. The van der Waals surface area contributed by atoms with Crippen LogP contribution in [-0.4, -0.2) is 32.6 Å². The molecule has 0 saturated carbocycles. The van der Waals surface area contributed by atoms with Crippen LogP contribution in [0.4, 0.5) is 0 Å². The van der Waals surface area contributed by atoms with Gasteiger partial charge in [-0.15, -0.1) is 0 Å². The van der Waals surface area contributed by atoms with Crippen LogP contribution in [0.5, 0.6) is 5.75 Å². The highest BCUT2D eigenvalue weighted by Gasteiger charge is 2.29. The van der Waals surface area contributed by atoms with Crippen LogP contribution in [0.15, 0.2) is 36.4 Å². The van der Waals surface area contributed by atoms with Crippen molar-refractivity contribution < 1.29 is 13.2 Å². The molecule has 5 heteroatoms. The van der Waals surface area contributed by atoms with E-state index in [-0.39, 0.29) is 17.6 Å². The Labute approximate surface area is 124 Å². The first kappa shape index (κ1) is 14.4. The van der Waals surface area contributed by atoms with Crippen LogP contribution in [0, 0.1) is 0 Å². The van der Waals surface area contributed by atoms with Gasteiger partial charge in [-0.05, 0) is 36.2 Å². The lowest BCUT2D eigenvalue weighted by Crippen LogP contribution is -2.19. The number of sulfone groups is 1. The van der Waals surface area contributed by atoms with E-state index in [0.717, 1.165) is 28.5 Å². The molecule has 0 aromatic heterocycles. The van der Waals surface area contributed by atoms with Gasteiger partial charge < -0.3 is 10.5 Å². The van der Waals surface area contributed by atoms with Gasteiger partial charge in [0.25, 0.3) is 0 Å². The summed E-state index contributed by atoms with van der Waals surface area (Å²) < 4.78 is 29.1. The van der Waals surface area contributed by atoms with Crippen molar-refractivity contribution in [2.75, 3.05) is 18.1 Å². The molecule has 4 nitrogen and oxygen atoms in total. The van der Waals surface area contributed by atoms with Gasteiger partial charge in [-0.1, -0.05) is 30.3 Å². The summed E-state index contributed by atoms with van der Waals surface area (Å²) in [4.78, 5) is 0. The highest BCUT2D eigenvalue weighted by molar-refractivity contribution is 7.91. The van der Waals surface area contributed by atoms with Crippen LogP contribution in [0.25, 0.3) is 10.8 Å². The molecule has 0 radical (unpaired) electrons. The minimum absolute atomic E-state index is 0.113. The van der Waals surface area contributed by atoms with E-state index in [2.05, 4.69) is 12.1 Å². The Bertz CT molecular complexity index is 755. The first-order chi connectivity index (χ1) is 10.1. The lowest BCUT2D eigenvalue weighted by Gasteiger charge is -2.17. The molecule has 1 fully saturated rings. The van der Waals surface area contributed by atoms with Gasteiger partial charge in [0.2, 0.25) is 0 Å². The van der Waals surface area contributed by atoms with Crippen molar-refractivity contribution in [1.29, 1.82) is 0 Å². The summed E-state index contributed by atoms with van der Waals surface area (Å²) in [5, 5.41) is 2.27. The molecule has 1 aliphatic rings. The van der Waals surface area contributed by atoms with Gasteiger partial charge >= 0.3 is 0 Å². The van der Waals surface area contributed by atoms with E-state index >= 15 is 0 Å². The summed E-state index contributed by atoms with van der Waals surface area (Å²) in [7, 11) is -2.93. The predicted octanol–water partition coefficient (Wildman–Crippen LogP) is 1.91. The number of benzene rings is 2. The van der Waals surface area contributed by atoms with E-state index in [0.29, 0.717) is 13.0 Å². The lowest BCUT2D eigenvalue weighted by molar-refractivity contribution is 0.227. The summed E-state index contributed by atoms with van der Waals surface area (Å²) in [5.41, 5.74) is 6.79. The smallest absolute Gasteiger partial charge is 0.154 e. The topological polar surface area (TPSA) is 69.4 Å². The van der Waals surface area contributed by atoms with E-state index in [1.807, 2.05) is 24.3 Å². The Morgan fingerprint density at radius 3 is 2.71 bits per heavy atom. The molecule has 1 heterocycles. The number of hydrogen-bond acceptors (Lipinski definition) is 4. The monoisotopic (exact) mass is 305 g/mol. The third-order valence-electron chi connectivity index (χ3n) is 3.88. The van der Waals surface area contributed by atoms with Gasteiger partial charge in [0, 0.05) is 5.56 Å².